The van der Waals surface area contributed by atoms with Gasteiger partial charge in [-0.2, -0.15) is 0 Å². The van der Waals surface area contributed by atoms with Crippen molar-refractivity contribution < 1.29 is 19.8 Å². The highest BCUT2D eigenvalue weighted by Gasteiger charge is 2.02. The second-order valence-electron chi connectivity index (χ2n) is 3.13. The molecule has 0 aliphatic heterocycles. The molecule has 0 heterocycles. The molecule has 76 valence electrons. The Morgan fingerprint density at radius 2 is 1.77 bits per heavy atom. The lowest BCUT2D eigenvalue weighted by Crippen LogP contribution is -2.12. The molecule has 0 aromatic heterocycles. The monoisotopic (exact) mass is 188 g/mol. The molecule has 0 rings (SSSR count). The van der Waals surface area contributed by atoms with Crippen molar-refractivity contribution in [2.75, 3.05) is 0 Å². The number of ketones is 1. The Kier molecular flexibility index (Phi) is 7.04. The zero-order valence-electron chi connectivity index (χ0n) is 8.20. The maximum atomic E-state index is 9.87. The van der Waals surface area contributed by atoms with Gasteiger partial charge in [-0.1, -0.05) is 6.08 Å². The van der Waals surface area contributed by atoms with Crippen LogP contribution in [0.5, 0.6) is 0 Å². The fraction of sp³-hybridized carbons (Fsp3) is 0.556. The van der Waals surface area contributed by atoms with E-state index in [4.69, 9.17) is 10.2 Å². The van der Waals surface area contributed by atoms with Crippen molar-refractivity contribution in [3.63, 3.8) is 0 Å². The Morgan fingerprint density at radius 3 is 1.77 bits per heavy atom. The lowest BCUT2D eigenvalue weighted by atomic mass is 10.1. The van der Waals surface area contributed by atoms with E-state index in [-0.39, 0.29) is 12.2 Å². The van der Waals surface area contributed by atoms with Crippen LogP contribution in [0.2, 0.25) is 0 Å². The molecule has 0 aliphatic rings. The van der Waals surface area contributed by atoms with Crippen molar-refractivity contribution in [2.45, 2.75) is 32.8 Å². The smallest absolute Gasteiger partial charge is 0.310 e. The maximum Gasteiger partial charge on any atom is 0.310 e. The van der Waals surface area contributed by atoms with Gasteiger partial charge in [0.05, 0.1) is 5.60 Å². The lowest BCUT2D eigenvalue weighted by Gasteiger charge is -2.07. The maximum absolute atomic E-state index is 9.87. The first-order valence-corrected chi connectivity index (χ1v) is 3.76. The van der Waals surface area contributed by atoms with Gasteiger partial charge in [-0.05, 0) is 20.8 Å². The summed E-state index contributed by atoms with van der Waals surface area (Å²) in [5, 5.41) is 16.6. The molecule has 0 saturated heterocycles. The minimum atomic E-state index is -1.06. The SMILES string of the molecule is C=CC(C)(C)O.CC(=O)CC(=O)O. The van der Waals surface area contributed by atoms with E-state index in [0.29, 0.717) is 0 Å². The second-order valence-corrected chi connectivity index (χ2v) is 3.13. The Balaban J connectivity index is 0. The van der Waals surface area contributed by atoms with E-state index in [1.807, 2.05) is 0 Å². The van der Waals surface area contributed by atoms with Gasteiger partial charge >= 0.3 is 5.97 Å². The molecular formula is C9H16O4. The average molecular weight is 188 g/mol. The summed E-state index contributed by atoms with van der Waals surface area (Å²) in [6.07, 6.45) is 1.13. The molecular weight excluding hydrogens is 172 g/mol. The van der Waals surface area contributed by atoms with Crippen LogP contribution in [-0.2, 0) is 9.59 Å². The summed E-state index contributed by atoms with van der Waals surface area (Å²) < 4.78 is 0. The summed E-state index contributed by atoms with van der Waals surface area (Å²) in [6.45, 7) is 7.99. The fourth-order valence-corrected chi connectivity index (χ4v) is 0.213. The number of hydrogen-bond acceptors (Lipinski definition) is 3. The number of carbonyl (C=O) groups is 2. The van der Waals surface area contributed by atoms with Crippen molar-refractivity contribution in [1.29, 1.82) is 0 Å². The van der Waals surface area contributed by atoms with Crippen molar-refractivity contribution in [2.24, 2.45) is 0 Å². The Labute approximate surface area is 77.9 Å². The zero-order valence-corrected chi connectivity index (χ0v) is 8.20. The van der Waals surface area contributed by atoms with Crippen LogP contribution < -0.4 is 0 Å². The Morgan fingerprint density at radius 1 is 1.46 bits per heavy atom. The van der Waals surface area contributed by atoms with E-state index in [1.54, 1.807) is 13.8 Å². The molecule has 0 unspecified atom stereocenters. The van der Waals surface area contributed by atoms with Crippen LogP contribution in [0.3, 0.4) is 0 Å². The molecule has 0 aliphatic carbocycles. The van der Waals surface area contributed by atoms with Crippen LogP contribution in [0.1, 0.15) is 27.2 Å². The van der Waals surface area contributed by atoms with Gasteiger partial charge in [0.1, 0.15) is 12.2 Å². The molecule has 0 bridgehead atoms. The van der Waals surface area contributed by atoms with E-state index >= 15 is 0 Å². The molecule has 13 heavy (non-hydrogen) atoms. The van der Waals surface area contributed by atoms with Crippen molar-refractivity contribution >= 4 is 11.8 Å². The van der Waals surface area contributed by atoms with Gasteiger partial charge in [-0.15, -0.1) is 6.58 Å². The van der Waals surface area contributed by atoms with Gasteiger partial charge in [0.2, 0.25) is 0 Å². The van der Waals surface area contributed by atoms with Crippen molar-refractivity contribution in [3.05, 3.63) is 12.7 Å². The lowest BCUT2D eigenvalue weighted by molar-refractivity contribution is -0.139. The third-order valence-electron chi connectivity index (χ3n) is 0.900. The number of aliphatic carboxylic acids is 1. The fourth-order valence-electron chi connectivity index (χ4n) is 0.213. The van der Waals surface area contributed by atoms with E-state index in [9.17, 15) is 9.59 Å². The zero-order chi connectivity index (χ0) is 11.1. The largest absolute Gasteiger partial charge is 0.481 e. The third-order valence-corrected chi connectivity index (χ3v) is 0.900. The highest BCUT2D eigenvalue weighted by molar-refractivity contribution is 5.93. The minimum absolute atomic E-state index is 0.312. The first kappa shape index (κ1) is 14.4. The number of Topliss-reactive ketones (excluding diaryl/α,β-unsaturated/α-hetero) is 1. The first-order chi connectivity index (χ1) is 5.69. The number of aliphatic hydroxyl groups is 1. The van der Waals surface area contributed by atoms with Gasteiger partial charge in [0, 0.05) is 0 Å². The molecule has 4 nitrogen and oxygen atoms in total. The highest BCUT2D eigenvalue weighted by atomic mass is 16.4. The van der Waals surface area contributed by atoms with E-state index in [1.165, 1.54) is 13.0 Å². The van der Waals surface area contributed by atoms with Crippen LogP contribution in [0.25, 0.3) is 0 Å². The molecule has 0 atom stereocenters. The van der Waals surface area contributed by atoms with Crippen LogP contribution in [0.4, 0.5) is 0 Å². The Bertz CT molecular complexity index is 176. The molecule has 2 N–H and O–H groups in total. The third kappa shape index (κ3) is 24.8. The molecule has 4 heteroatoms. The normalized spacial score (nSPS) is 9.54. The van der Waals surface area contributed by atoms with Crippen LogP contribution in [-0.4, -0.2) is 27.6 Å². The highest BCUT2D eigenvalue weighted by Crippen LogP contribution is 1.98. The summed E-state index contributed by atoms with van der Waals surface area (Å²) in [4.78, 5) is 19.5. The summed E-state index contributed by atoms with van der Waals surface area (Å²) in [5.41, 5.74) is -0.694. The molecule has 0 spiro atoms. The van der Waals surface area contributed by atoms with Gasteiger partial charge in [0.25, 0.3) is 0 Å². The standard InChI is InChI=1S/C5H10O.C4H6O3/c1-4-5(2,3)6;1-3(5)2-4(6)7/h4,6H,1H2,2-3H3;2H2,1H3,(H,6,7). The molecule has 0 aromatic rings. The molecule has 0 radical (unpaired) electrons. The quantitative estimate of drug-likeness (QED) is 0.511. The van der Waals surface area contributed by atoms with Gasteiger partial charge in [-0.3, -0.25) is 9.59 Å². The number of carboxylic acids is 1. The van der Waals surface area contributed by atoms with Crippen molar-refractivity contribution in [3.8, 4) is 0 Å². The topological polar surface area (TPSA) is 74.6 Å². The van der Waals surface area contributed by atoms with Crippen LogP contribution in [0, 0.1) is 0 Å². The average Bonchev–Trinajstić information content (AvgIpc) is 1.84. The van der Waals surface area contributed by atoms with Gasteiger partial charge < -0.3 is 10.2 Å². The van der Waals surface area contributed by atoms with Crippen LogP contribution >= 0.6 is 0 Å². The predicted octanol–water partition coefficient (Wildman–Crippen LogP) is 0.993. The molecule has 0 amide bonds. The molecule has 0 fully saturated rings. The van der Waals surface area contributed by atoms with E-state index in [0.717, 1.165) is 0 Å². The van der Waals surface area contributed by atoms with Gasteiger partial charge in [0.15, 0.2) is 0 Å². The number of carbonyl (C=O) groups excluding carboxylic acids is 1. The predicted molar refractivity (Wildman–Crippen MR) is 49.4 cm³/mol. The summed E-state index contributed by atoms with van der Waals surface area (Å²) in [6, 6.07) is 0. The first-order valence-electron chi connectivity index (χ1n) is 3.76. The number of rotatable bonds is 3. The van der Waals surface area contributed by atoms with Gasteiger partial charge in [-0.25, -0.2) is 0 Å². The molecule has 0 aromatic carbocycles. The summed E-state index contributed by atoms with van der Waals surface area (Å²) >= 11 is 0. The second kappa shape index (κ2) is 6.37. The Hall–Kier alpha value is -1.16. The number of hydrogen-bond donors (Lipinski definition) is 2. The van der Waals surface area contributed by atoms with E-state index in [2.05, 4.69) is 6.58 Å². The van der Waals surface area contributed by atoms with E-state index < -0.39 is 11.6 Å². The number of carboxylic acid groups (broad SMARTS) is 1. The van der Waals surface area contributed by atoms with Crippen LogP contribution in [0.15, 0.2) is 12.7 Å². The van der Waals surface area contributed by atoms with Crippen molar-refractivity contribution in [1.82, 2.24) is 0 Å². The molecule has 0 saturated carbocycles. The minimum Gasteiger partial charge on any atom is -0.481 e. The summed E-state index contributed by atoms with van der Waals surface area (Å²) in [7, 11) is 0. The summed E-state index contributed by atoms with van der Waals surface area (Å²) in [5.74, 6) is -1.37.